The first-order chi connectivity index (χ1) is 10.1. The normalized spacial score (nSPS) is 10.0. The van der Waals surface area contributed by atoms with Gasteiger partial charge in [-0.05, 0) is 36.8 Å². The van der Waals surface area contributed by atoms with Crippen molar-refractivity contribution in [1.82, 2.24) is 0 Å². The summed E-state index contributed by atoms with van der Waals surface area (Å²) in [6, 6.07) is 12.0. The van der Waals surface area contributed by atoms with Crippen LogP contribution in [0.15, 0.2) is 42.5 Å². The van der Waals surface area contributed by atoms with E-state index in [1.165, 1.54) is 6.07 Å². The van der Waals surface area contributed by atoms with Crippen molar-refractivity contribution in [3.05, 3.63) is 48.0 Å². The summed E-state index contributed by atoms with van der Waals surface area (Å²) in [4.78, 5) is 11.8. The Balaban J connectivity index is 1.94. The number of aromatic hydroxyl groups is 1. The smallest absolute Gasteiger partial charge is 0.262 e. The van der Waals surface area contributed by atoms with Gasteiger partial charge < -0.3 is 19.9 Å². The van der Waals surface area contributed by atoms with Crippen LogP contribution in [0.25, 0.3) is 0 Å². The summed E-state index contributed by atoms with van der Waals surface area (Å²) in [7, 11) is 1.56. The Morgan fingerprint density at radius 1 is 1.19 bits per heavy atom. The fourth-order valence-electron chi connectivity index (χ4n) is 1.78. The van der Waals surface area contributed by atoms with Gasteiger partial charge in [0.25, 0.3) is 5.91 Å². The van der Waals surface area contributed by atoms with E-state index in [0.29, 0.717) is 17.2 Å². The Hall–Kier alpha value is -2.69. The number of aryl methyl sites for hydroxylation is 1. The average molecular weight is 287 g/mol. The van der Waals surface area contributed by atoms with E-state index >= 15 is 0 Å². The summed E-state index contributed by atoms with van der Waals surface area (Å²) in [5, 5.41) is 12.3. The zero-order valence-electron chi connectivity index (χ0n) is 11.9. The van der Waals surface area contributed by atoms with E-state index in [1.807, 2.05) is 6.92 Å². The lowest BCUT2D eigenvalue weighted by Crippen LogP contribution is -2.20. The van der Waals surface area contributed by atoms with Gasteiger partial charge in [0.1, 0.15) is 17.2 Å². The molecule has 0 aromatic heterocycles. The Morgan fingerprint density at radius 3 is 2.71 bits per heavy atom. The van der Waals surface area contributed by atoms with Crippen molar-refractivity contribution in [3.8, 4) is 17.2 Å². The highest BCUT2D eigenvalue weighted by Gasteiger charge is 2.08. The zero-order valence-corrected chi connectivity index (χ0v) is 11.9. The number of carbonyl (C=O) groups excluding carboxylic acids is 1. The molecule has 0 radical (unpaired) electrons. The van der Waals surface area contributed by atoms with Crippen molar-refractivity contribution in [2.75, 3.05) is 19.0 Å². The van der Waals surface area contributed by atoms with Crippen molar-refractivity contribution in [3.63, 3.8) is 0 Å². The van der Waals surface area contributed by atoms with Crippen molar-refractivity contribution < 1.29 is 19.4 Å². The van der Waals surface area contributed by atoms with Gasteiger partial charge >= 0.3 is 0 Å². The van der Waals surface area contributed by atoms with Crippen molar-refractivity contribution in [2.24, 2.45) is 0 Å². The van der Waals surface area contributed by atoms with Crippen LogP contribution in [0.2, 0.25) is 0 Å². The van der Waals surface area contributed by atoms with E-state index in [9.17, 15) is 9.90 Å². The molecule has 2 aromatic rings. The molecule has 21 heavy (non-hydrogen) atoms. The molecule has 1 amide bonds. The number of anilines is 1. The van der Waals surface area contributed by atoms with Gasteiger partial charge in [0, 0.05) is 6.07 Å². The maximum absolute atomic E-state index is 11.8. The Bertz CT molecular complexity index is 640. The number of amides is 1. The van der Waals surface area contributed by atoms with E-state index in [2.05, 4.69) is 5.32 Å². The van der Waals surface area contributed by atoms with Crippen LogP contribution in [-0.2, 0) is 4.79 Å². The number of nitrogens with one attached hydrogen (secondary N) is 1. The zero-order chi connectivity index (χ0) is 15.2. The molecule has 0 atom stereocenters. The topological polar surface area (TPSA) is 67.8 Å². The van der Waals surface area contributed by atoms with E-state index in [0.717, 1.165) is 5.56 Å². The van der Waals surface area contributed by atoms with E-state index in [4.69, 9.17) is 9.47 Å². The lowest BCUT2D eigenvalue weighted by Gasteiger charge is -2.10. The van der Waals surface area contributed by atoms with Crippen LogP contribution in [0.5, 0.6) is 17.2 Å². The minimum Gasteiger partial charge on any atom is -0.506 e. The fraction of sp³-hybridized carbons (Fsp3) is 0.188. The van der Waals surface area contributed by atoms with Crippen molar-refractivity contribution in [2.45, 2.75) is 6.92 Å². The fourth-order valence-corrected chi connectivity index (χ4v) is 1.78. The van der Waals surface area contributed by atoms with Gasteiger partial charge in [-0.25, -0.2) is 0 Å². The van der Waals surface area contributed by atoms with Crippen LogP contribution in [-0.4, -0.2) is 24.7 Å². The predicted octanol–water partition coefficient (Wildman–Crippen LogP) is 2.73. The van der Waals surface area contributed by atoms with Crippen molar-refractivity contribution in [1.29, 1.82) is 0 Å². The van der Waals surface area contributed by atoms with Crippen LogP contribution in [0.1, 0.15) is 5.56 Å². The minimum atomic E-state index is -0.348. The predicted molar refractivity (Wildman–Crippen MR) is 80.0 cm³/mol. The number of hydrogen-bond donors (Lipinski definition) is 2. The molecule has 2 rings (SSSR count). The molecule has 0 spiro atoms. The quantitative estimate of drug-likeness (QED) is 0.830. The van der Waals surface area contributed by atoms with Gasteiger partial charge in [-0.1, -0.05) is 12.1 Å². The number of hydrogen-bond acceptors (Lipinski definition) is 4. The van der Waals surface area contributed by atoms with Gasteiger partial charge in [0.15, 0.2) is 6.61 Å². The molecular weight excluding hydrogens is 270 g/mol. The monoisotopic (exact) mass is 287 g/mol. The molecule has 2 aromatic carbocycles. The third-order valence-corrected chi connectivity index (χ3v) is 2.84. The lowest BCUT2D eigenvalue weighted by atomic mass is 10.2. The molecule has 5 heteroatoms. The third kappa shape index (κ3) is 4.14. The number of phenols is 1. The van der Waals surface area contributed by atoms with Crippen LogP contribution in [0, 0.1) is 6.92 Å². The summed E-state index contributed by atoms with van der Waals surface area (Å²) in [5.41, 5.74) is 1.31. The molecule has 2 N–H and O–H groups in total. The number of benzene rings is 2. The molecule has 0 aliphatic carbocycles. The van der Waals surface area contributed by atoms with Crippen LogP contribution >= 0.6 is 0 Å². The summed E-state index contributed by atoms with van der Waals surface area (Å²) >= 11 is 0. The second-order valence-electron chi connectivity index (χ2n) is 4.54. The highest BCUT2D eigenvalue weighted by Crippen LogP contribution is 2.24. The summed E-state index contributed by atoms with van der Waals surface area (Å²) in [5.74, 6) is 0.872. The van der Waals surface area contributed by atoms with E-state index in [1.54, 1.807) is 43.5 Å². The first kappa shape index (κ1) is 14.7. The molecule has 110 valence electrons. The number of carbonyl (C=O) groups is 1. The van der Waals surface area contributed by atoms with Gasteiger partial charge in [-0.2, -0.15) is 0 Å². The standard InChI is InChI=1S/C16H17NO4/c1-11-6-7-15(18)14(8-11)17-16(19)10-21-13-5-3-4-12(9-13)20-2/h3-9,18H,10H2,1-2H3,(H,17,19). The second kappa shape index (κ2) is 6.65. The maximum Gasteiger partial charge on any atom is 0.262 e. The molecule has 0 bridgehead atoms. The van der Waals surface area contributed by atoms with Crippen LogP contribution < -0.4 is 14.8 Å². The highest BCUT2D eigenvalue weighted by molar-refractivity contribution is 5.93. The highest BCUT2D eigenvalue weighted by atomic mass is 16.5. The van der Waals surface area contributed by atoms with Gasteiger partial charge in [0.2, 0.25) is 0 Å². The van der Waals surface area contributed by atoms with Gasteiger partial charge in [-0.15, -0.1) is 0 Å². The number of ether oxygens (including phenoxy) is 2. The molecule has 0 aliphatic rings. The van der Waals surface area contributed by atoms with Gasteiger partial charge in [-0.3, -0.25) is 4.79 Å². The summed E-state index contributed by atoms with van der Waals surface area (Å²) < 4.78 is 10.5. The molecular formula is C16H17NO4. The first-order valence-electron chi connectivity index (χ1n) is 6.45. The molecule has 5 nitrogen and oxygen atoms in total. The molecule has 0 heterocycles. The Labute approximate surface area is 123 Å². The molecule has 0 unspecified atom stereocenters. The van der Waals surface area contributed by atoms with Crippen LogP contribution in [0.4, 0.5) is 5.69 Å². The third-order valence-electron chi connectivity index (χ3n) is 2.84. The van der Waals surface area contributed by atoms with E-state index < -0.39 is 0 Å². The lowest BCUT2D eigenvalue weighted by molar-refractivity contribution is -0.118. The average Bonchev–Trinajstić information content (AvgIpc) is 2.49. The molecule has 0 saturated heterocycles. The molecule has 0 saturated carbocycles. The number of methoxy groups -OCH3 is 1. The second-order valence-corrected chi connectivity index (χ2v) is 4.54. The first-order valence-corrected chi connectivity index (χ1v) is 6.45. The van der Waals surface area contributed by atoms with Crippen LogP contribution in [0.3, 0.4) is 0 Å². The molecule has 0 fully saturated rings. The van der Waals surface area contributed by atoms with Crippen molar-refractivity contribution >= 4 is 11.6 Å². The summed E-state index contributed by atoms with van der Waals surface area (Å²) in [6.07, 6.45) is 0. The number of rotatable bonds is 5. The Kier molecular flexibility index (Phi) is 4.66. The Morgan fingerprint density at radius 2 is 1.95 bits per heavy atom. The number of phenolic OH excluding ortho intramolecular Hbond substituents is 1. The minimum absolute atomic E-state index is 0.0235. The van der Waals surface area contributed by atoms with E-state index in [-0.39, 0.29) is 18.3 Å². The summed E-state index contributed by atoms with van der Waals surface area (Å²) in [6.45, 7) is 1.72. The maximum atomic E-state index is 11.8. The van der Waals surface area contributed by atoms with Gasteiger partial charge in [0.05, 0.1) is 12.8 Å². The molecule has 0 aliphatic heterocycles. The largest absolute Gasteiger partial charge is 0.506 e. The SMILES string of the molecule is COc1cccc(OCC(=O)Nc2cc(C)ccc2O)c1.